The highest BCUT2D eigenvalue weighted by Crippen LogP contribution is 2.12. The third-order valence-corrected chi connectivity index (χ3v) is 2.42. The third kappa shape index (κ3) is 4.34. The predicted octanol–water partition coefficient (Wildman–Crippen LogP) is 2.94. The smallest absolute Gasteiger partial charge is 0.0482 e. The van der Waals surface area contributed by atoms with Gasteiger partial charge in [0.25, 0.3) is 0 Å². The standard InChI is InChI=1S/C13H21NO/c1-3-14(11-8-12-15-4-2)13-9-6-5-7-10-13/h5-7,9-10H,3-4,8,11-12H2,1-2H3. The molecule has 0 saturated heterocycles. The van der Waals surface area contributed by atoms with E-state index in [2.05, 4.69) is 42.2 Å². The second kappa shape index (κ2) is 7.30. The van der Waals surface area contributed by atoms with Gasteiger partial charge in [-0.15, -0.1) is 0 Å². The molecule has 1 aromatic rings. The number of ether oxygens (including phenoxy) is 1. The molecule has 2 heteroatoms. The van der Waals surface area contributed by atoms with Crippen molar-refractivity contribution in [1.82, 2.24) is 0 Å². The van der Waals surface area contributed by atoms with E-state index in [9.17, 15) is 0 Å². The van der Waals surface area contributed by atoms with Gasteiger partial charge in [-0.25, -0.2) is 0 Å². The van der Waals surface area contributed by atoms with Gasteiger partial charge >= 0.3 is 0 Å². The van der Waals surface area contributed by atoms with E-state index in [4.69, 9.17) is 4.74 Å². The third-order valence-electron chi connectivity index (χ3n) is 2.42. The van der Waals surface area contributed by atoms with Crippen molar-refractivity contribution in [3.05, 3.63) is 30.3 Å². The molecule has 0 aliphatic carbocycles. The fraction of sp³-hybridized carbons (Fsp3) is 0.538. The fourth-order valence-corrected chi connectivity index (χ4v) is 1.61. The van der Waals surface area contributed by atoms with Gasteiger partial charge < -0.3 is 9.64 Å². The van der Waals surface area contributed by atoms with Crippen molar-refractivity contribution in [3.8, 4) is 0 Å². The zero-order valence-electron chi connectivity index (χ0n) is 9.78. The van der Waals surface area contributed by atoms with Gasteiger partial charge in [0.1, 0.15) is 0 Å². The Kier molecular flexibility index (Phi) is 5.86. The Morgan fingerprint density at radius 2 is 1.87 bits per heavy atom. The molecule has 84 valence electrons. The SMILES string of the molecule is CCOCCCN(CC)c1ccccc1. The number of anilines is 1. The minimum Gasteiger partial charge on any atom is -0.382 e. The lowest BCUT2D eigenvalue weighted by molar-refractivity contribution is 0.146. The van der Waals surface area contributed by atoms with Gasteiger partial charge in [-0.2, -0.15) is 0 Å². The molecule has 0 amide bonds. The molecular weight excluding hydrogens is 186 g/mol. The molecular formula is C13H21NO. The highest BCUT2D eigenvalue weighted by atomic mass is 16.5. The largest absolute Gasteiger partial charge is 0.382 e. The van der Waals surface area contributed by atoms with Crippen molar-refractivity contribution in [2.45, 2.75) is 20.3 Å². The van der Waals surface area contributed by atoms with Crippen LogP contribution in [0.15, 0.2) is 30.3 Å². The van der Waals surface area contributed by atoms with Crippen molar-refractivity contribution < 1.29 is 4.74 Å². The summed E-state index contributed by atoms with van der Waals surface area (Å²) in [5.74, 6) is 0. The maximum Gasteiger partial charge on any atom is 0.0482 e. The van der Waals surface area contributed by atoms with Gasteiger partial charge in [0.05, 0.1) is 0 Å². The predicted molar refractivity (Wildman–Crippen MR) is 65.4 cm³/mol. The second-order valence-electron chi connectivity index (χ2n) is 3.47. The molecule has 0 spiro atoms. The summed E-state index contributed by atoms with van der Waals surface area (Å²) in [4.78, 5) is 2.37. The van der Waals surface area contributed by atoms with Crippen LogP contribution in [0, 0.1) is 0 Å². The van der Waals surface area contributed by atoms with E-state index >= 15 is 0 Å². The van der Waals surface area contributed by atoms with E-state index in [0.29, 0.717) is 0 Å². The van der Waals surface area contributed by atoms with E-state index in [0.717, 1.165) is 32.7 Å². The first-order valence-electron chi connectivity index (χ1n) is 5.76. The van der Waals surface area contributed by atoms with Crippen LogP contribution >= 0.6 is 0 Å². The number of benzene rings is 1. The van der Waals surface area contributed by atoms with Gasteiger partial charge in [-0.05, 0) is 32.4 Å². The van der Waals surface area contributed by atoms with E-state index in [1.54, 1.807) is 0 Å². The summed E-state index contributed by atoms with van der Waals surface area (Å²) in [6.07, 6.45) is 1.09. The van der Waals surface area contributed by atoms with Gasteiger partial charge in [0, 0.05) is 32.0 Å². The summed E-state index contributed by atoms with van der Waals surface area (Å²) in [5, 5.41) is 0. The maximum absolute atomic E-state index is 5.34. The molecule has 0 N–H and O–H groups in total. The van der Waals surface area contributed by atoms with Crippen molar-refractivity contribution in [3.63, 3.8) is 0 Å². The lowest BCUT2D eigenvalue weighted by Gasteiger charge is -2.22. The summed E-state index contributed by atoms with van der Waals surface area (Å²) in [5.41, 5.74) is 1.30. The normalized spacial score (nSPS) is 10.3. The van der Waals surface area contributed by atoms with Gasteiger partial charge in [-0.1, -0.05) is 18.2 Å². The molecule has 1 rings (SSSR count). The van der Waals surface area contributed by atoms with Crippen molar-refractivity contribution in [2.24, 2.45) is 0 Å². The first kappa shape index (κ1) is 12.1. The average Bonchev–Trinajstić information content (AvgIpc) is 2.30. The number of rotatable bonds is 7. The summed E-state index contributed by atoms with van der Waals surface area (Å²) in [7, 11) is 0. The van der Waals surface area contributed by atoms with Crippen LogP contribution in [-0.2, 0) is 4.74 Å². The minimum atomic E-state index is 0.817. The van der Waals surface area contributed by atoms with Gasteiger partial charge in [-0.3, -0.25) is 0 Å². The Morgan fingerprint density at radius 3 is 2.47 bits per heavy atom. The van der Waals surface area contributed by atoms with E-state index in [1.165, 1.54) is 5.69 Å². The zero-order chi connectivity index (χ0) is 10.9. The topological polar surface area (TPSA) is 12.5 Å². The minimum absolute atomic E-state index is 0.817. The highest BCUT2D eigenvalue weighted by molar-refractivity contribution is 5.45. The van der Waals surface area contributed by atoms with Crippen molar-refractivity contribution in [2.75, 3.05) is 31.2 Å². The second-order valence-corrected chi connectivity index (χ2v) is 3.47. The molecule has 0 atom stereocenters. The number of hydrogen-bond acceptors (Lipinski definition) is 2. The first-order chi connectivity index (χ1) is 7.38. The molecule has 0 bridgehead atoms. The Bertz CT molecular complexity index is 248. The summed E-state index contributed by atoms with van der Waals surface area (Å²) >= 11 is 0. The van der Waals surface area contributed by atoms with E-state index in [-0.39, 0.29) is 0 Å². The van der Waals surface area contributed by atoms with Crippen LogP contribution < -0.4 is 4.90 Å². The van der Waals surface area contributed by atoms with Crippen LogP contribution in [0.2, 0.25) is 0 Å². The fourth-order valence-electron chi connectivity index (χ4n) is 1.61. The summed E-state index contributed by atoms with van der Waals surface area (Å²) in [6, 6.07) is 10.5. The maximum atomic E-state index is 5.34. The van der Waals surface area contributed by atoms with E-state index in [1.807, 2.05) is 6.92 Å². The lowest BCUT2D eigenvalue weighted by atomic mass is 10.2. The van der Waals surface area contributed by atoms with Crippen LogP contribution in [0.4, 0.5) is 5.69 Å². The molecule has 0 aromatic heterocycles. The van der Waals surface area contributed by atoms with Crippen LogP contribution in [0.25, 0.3) is 0 Å². The Labute approximate surface area is 92.9 Å². The van der Waals surface area contributed by atoms with Crippen LogP contribution in [0.1, 0.15) is 20.3 Å². The molecule has 0 unspecified atom stereocenters. The molecule has 0 saturated carbocycles. The average molecular weight is 207 g/mol. The quantitative estimate of drug-likeness (QED) is 0.637. The van der Waals surface area contributed by atoms with Crippen LogP contribution in [0.3, 0.4) is 0 Å². The first-order valence-corrected chi connectivity index (χ1v) is 5.76. The molecule has 2 nitrogen and oxygen atoms in total. The molecule has 0 heterocycles. The Balaban J connectivity index is 2.36. The monoisotopic (exact) mass is 207 g/mol. The number of hydrogen-bond donors (Lipinski definition) is 0. The molecule has 1 aromatic carbocycles. The molecule has 0 aliphatic heterocycles. The van der Waals surface area contributed by atoms with Gasteiger partial charge in [0.2, 0.25) is 0 Å². The van der Waals surface area contributed by atoms with Crippen molar-refractivity contribution in [1.29, 1.82) is 0 Å². The van der Waals surface area contributed by atoms with Crippen molar-refractivity contribution >= 4 is 5.69 Å². The van der Waals surface area contributed by atoms with Crippen LogP contribution in [-0.4, -0.2) is 26.3 Å². The molecule has 0 aliphatic rings. The number of nitrogens with zero attached hydrogens (tertiary/aromatic N) is 1. The summed E-state index contributed by atoms with van der Waals surface area (Å²) < 4.78 is 5.34. The van der Waals surface area contributed by atoms with Crippen LogP contribution in [0.5, 0.6) is 0 Å². The molecule has 0 fully saturated rings. The lowest BCUT2D eigenvalue weighted by Crippen LogP contribution is -2.24. The van der Waals surface area contributed by atoms with E-state index < -0.39 is 0 Å². The number of para-hydroxylation sites is 1. The summed E-state index contributed by atoms with van der Waals surface area (Å²) in [6.45, 7) is 8.02. The highest BCUT2D eigenvalue weighted by Gasteiger charge is 2.01. The Morgan fingerprint density at radius 1 is 1.13 bits per heavy atom. The van der Waals surface area contributed by atoms with Gasteiger partial charge in [0.15, 0.2) is 0 Å². The molecule has 0 radical (unpaired) electrons. The molecule has 15 heavy (non-hydrogen) atoms. The Hall–Kier alpha value is -1.02. The zero-order valence-corrected chi connectivity index (χ0v) is 9.78.